The largest absolute Gasteiger partial charge is 0.335 e. The molecule has 28 heavy (non-hydrogen) atoms. The molecule has 0 saturated carbocycles. The molecule has 0 spiro atoms. The highest BCUT2D eigenvalue weighted by Gasteiger charge is 2.46. The van der Waals surface area contributed by atoms with Gasteiger partial charge in [-0.15, -0.1) is 0 Å². The number of benzene rings is 1. The maximum absolute atomic E-state index is 11.7. The van der Waals surface area contributed by atoms with Crippen LogP contribution in [0, 0.1) is 25.6 Å². The number of rotatable bonds is 4. The average Bonchev–Trinajstić information content (AvgIpc) is 2.67. The van der Waals surface area contributed by atoms with Crippen molar-refractivity contribution < 1.29 is 14.4 Å². The van der Waals surface area contributed by atoms with Gasteiger partial charge in [0.15, 0.2) is 17.4 Å². The summed E-state index contributed by atoms with van der Waals surface area (Å²) in [5, 5.41) is 33.2. The molecule has 2 heterocycles. The number of nitro groups is 2. The van der Waals surface area contributed by atoms with Crippen LogP contribution >= 0.6 is 24.4 Å². The van der Waals surface area contributed by atoms with Gasteiger partial charge in [-0.3, -0.25) is 25.6 Å². The zero-order chi connectivity index (χ0) is 20.4. The van der Waals surface area contributed by atoms with Crippen LogP contribution in [0.2, 0.25) is 0 Å². The lowest BCUT2D eigenvalue weighted by atomic mass is 9.81. The van der Waals surface area contributed by atoms with Crippen molar-refractivity contribution >= 4 is 51.7 Å². The molecule has 1 aromatic heterocycles. The molecule has 140 valence electrons. The van der Waals surface area contributed by atoms with E-state index in [1.807, 2.05) is 0 Å². The highest BCUT2D eigenvalue weighted by molar-refractivity contribution is 7.82. The molecule has 0 amide bonds. The van der Waals surface area contributed by atoms with Gasteiger partial charge in [-0.05, 0) is 11.9 Å². The minimum absolute atomic E-state index is 0.144. The smallest absolute Gasteiger partial charge is 0.280 e. The summed E-state index contributed by atoms with van der Waals surface area (Å²) in [4.78, 5) is 21.8. The molecular formula is C17H12N5O4S2+. The van der Waals surface area contributed by atoms with E-state index in [9.17, 15) is 20.2 Å². The average molecular weight is 414 g/mol. The van der Waals surface area contributed by atoms with E-state index in [0.29, 0.717) is 4.99 Å². The number of piperidine rings is 1. The van der Waals surface area contributed by atoms with E-state index in [0.717, 1.165) is 6.07 Å². The highest BCUT2D eigenvalue weighted by atomic mass is 32.1. The van der Waals surface area contributed by atoms with Gasteiger partial charge in [0, 0.05) is 23.8 Å². The molecule has 2 N–H and O–H groups in total. The number of non-ortho nitro benzene ring substituents is 1. The van der Waals surface area contributed by atoms with E-state index in [1.54, 1.807) is 35.2 Å². The maximum atomic E-state index is 11.7. The number of nitrogens with zero attached hydrogens (tertiary/aromatic N) is 3. The van der Waals surface area contributed by atoms with Gasteiger partial charge < -0.3 is 5.32 Å². The molecule has 2 unspecified atom stereocenters. The second-order valence-corrected chi connectivity index (χ2v) is 6.71. The molecule has 1 fully saturated rings. The molecule has 0 radical (unpaired) electrons. The first kappa shape index (κ1) is 19.4. The van der Waals surface area contributed by atoms with Crippen molar-refractivity contribution in [2.75, 3.05) is 0 Å². The molecule has 1 aromatic carbocycles. The number of nitrogens with one attached hydrogen (secondary N) is 2. The van der Waals surface area contributed by atoms with Gasteiger partial charge in [0.05, 0.1) is 27.4 Å². The molecular weight excluding hydrogens is 402 g/mol. The number of pyridine rings is 1. The van der Waals surface area contributed by atoms with Gasteiger partial charge in [0.1, 0.15) is 4.99 Å². The summed E-state index contributed by atoms with van der Waals surface area (Å²) in [5.74, 6) is 1.45. The molecule has 2 atom stereocenters. The summed E-state index contributed by atoms with van der Waals surface area (Å²) in [6, 6.07) is 8.11. The lowest BCUT2D eigenvalue weighted by Crippen LogP contribution is -2.56. The van der Waals surface area contributed by atoms with E-state index >= 15 is 0 Å². The van der Waals surface area contributed by atoms with Crippen molar-refractivity contribution in [3.05, 3.63) is 80.2 Å². The third kappa shape index (κ3) is 3.41. The minimum atomic E-state index is -0.813. The monoisotopic (exact) mass is 414 g/mol. The third-order valence-corrected chi connectivity index (χ3v) is 4.99. The fourth-order valence-electron chi connectivity index (χ4n) is 3.14. The van der Waals surface area contributed by atoms with Crippen LogP contribution in [0.5, 0.6) is 0 Å². The van der Waals surface area contributed by atoms with Crippen molar-refractivity contribution in [1.29, 1.82) is 5.41 Å². The molecule has 1 saturated heterocycles. The third-order valence-electron chi connectivity index (χ3n) is 4.33. The van der Waals surface area contributed by atoms with Gasteiger partial charge in [0.25, 0.3) is 11.4 Å². The van der Waals surface area contributed by atoms with Gasteiger partial charge in [-0.2, -0.15) is 4.57 Å². The topological polar surface area (TPSA) is 126 Å². The Labute approximate surface area is 169 Å². The Balaban J connectivity index is 2.29. The van der Waals surface area contributed by atoms with Gasteiger partial charge in [0.2, 0.25) is 6.04 Å². The second-order valence-electron chi connectivity index (χ2n) is 5.86. The summed E-state index contributed by atoms with van der Waals surface area (Å²) in [5.41, 5.74) is -0.473. The Kier molecular flexibility index (Phi) is 5.32. The Hall–Kier alpha value is -3.40. The summed E-state index contributed by atoms with van der Waals surface area (Å²) in [6.07, 6.45) is 3.47. The van der Waals surface area contributed by atoms with Crippen molar-refractivity contribution in [3.8, 4) is 0 Å². The molecule has 0 aliphatic carbocycles. The summed E-state index contributed by atoms with van der Waals surface area (Å²) in [7, 11) is 0. The van der Waals surface area contributed by atoms with Gasteiger partial charge in [-0.1, -0.05) is 30.5 Å². The zero-order valence-electron chi connectivity index (χ0n) is 14.1. The number of thiocarbonyl (C=S) groups is 2. The number of hydrogen-bond acceptors (Lipinski definition) is 7. The Morgan fingerprint density at radius 3 is 2.36 bits per heavy atom. The first-order chi connectivity index (χ1) is 13.3. The van der Waals surface area contributed by atoms with Crippen molar-refractivity contribution in [2.24, 2.45) is 0 Å². The summed E-state index contributed by atoms with van der Waals surface area (Å²) in [6.45, 7) is 0. The van der Waals surface area contributed by atoms with E-state index < -0.39 is 33.2 Å². The fourth-order valence-corrected chi connectivity index (χ4v) is 3.85. The normalized spacial score (nSPS) is 18.9. The van der Waals surface area contributed by atoms with Crippen LogP contribution in [-0.4, -0.2) is 25.7 Å². The van der Waals surface area contributed by atoms with E-state index in [1.165, 1.54) is 12.1 Å². The summed E-state index contributed by atoms with van der Waals surface area (Å²) >= 11 is 10.7. The maximum Gasteiger partial charge on any atom is 0.280 e. The van der Waals surface area contributed by atoms with Crippen LogP contribution in [0.3, 0.4) is 0 Å². The fraction of sp³-hybridized carbons (Fsp3) is 0.118. The van der Waals surface area contributed by atoms with Crippen LogP contribution in [0.15, 0.2) is 54.4 Å². The molecule has 2 aromatic rings. The molecule has 9 nitrogen and oxygen atoms in total. The second kappa shape index (κ2) is 7.69. The first-order valence-electron chi connectivity index (χ1n) is 7.88. The molecule has 0 bridgehead atoms. The molecule has 1 aliphatic rings. The van der Waals surface area contributed by atoms with E-state index in [2.05, 4.69) is 11.2 Å². The zero-order valence-corrected chi connectivity index (χ0v) is 15.7. The lowest BCUT2D eigenvalue weighted by molar-refractivity contribution is -0.708. The van der Waals surface area contributed by atoms with Crippen LogP contribution in [-0.2, 0) is 0 Å². The summed E-state index contributed by atoms with van der Waals surface area (Å²) < 4.78 is 1.74. The lowest BCUT2D eigenvalue weighted by Gasteiger charge is -2.30. The quantitative estimate of drug-likeness (QED) is 0.197. The highest BCUT2D eigenvalue weighted by Crippen LogP contribution is 2.41. The van der Waals surface area contributed by atoms with Gasteiger partial charge in [-0.25, -0.2) is 0 Å². The molecule has 1 aliphatic heterocycles. The van der Waals surface area contributed by atoms with Crippen LogP contribution in [0.4, 0.5) is 11.4 Å². The Morgan fingerprint density at radius 2 is 1.79 bits per heavy atom. The van der Waals surface area contributed by atoms with E-state index in [4.69, 9.17) is 29.8 Å². The van der Waals surface area contributed by atoms with Crippen molar-refractivity contribution in [2.45, 2.75) is 12.0 Å². The minimum Gasteiger partial charge on any atom is -0.335 e. The van der Waals surface area contributed by atoms with E-state index in [-0.39, 0.29) is 16.1 Å². The standard InChI is InChI=1S/C17H11N5O4S2/c18-9-12-14(11-5-4-10(21(23)24)8-13(11)22(25)26)15(17(28)19-16(12)27)20-6-2-1-3-7-20/h1-8,14-15,18H/p+1. The number of hydrogen-bond donors (Lipinski definition) is 2. The van der Waals surface area contributed by atoms with Crippen LogP contribution in [0.1, 0.15) is 17.5 Å². The van der Waals surface area contributed by atoms with Crippen LogP contribution < -0.4 is 9.88 Å². The van der Waals surface area contributed by atoms with Crippen molar-refractivity contribution in [1.82, 2.24) is 5.32 Å². The van der Waals surface area contributed by atoms with Crippen LogP contribution in [0.25, 0.3) is 0 Å². The Morgan fingerprint density at radius 1 is 1.11 bits per heavy atom. The Bertz CT molecular complexity index is 1070. The SMILES string of the molecule is N=C=C1C(=S)NC(=S)C([n+]2ccccc2)C1c1ccc([N+](=O)[O-])cc1[N+](=O)[O-]. The predicted molar refractivity (Wildman–Crippen MR) is 108 cm³/mol. The van der Waals surface area contributed by atoms with Crippen molar-refractivity contribution in [3.63, 3.8) is 0 Å². The number of aromatic nitrogens is 1. The first-order valence-corrected chi connectivity index (χ1v) is 8.70. The molecule has 11 heteroatoms. The predicted octanol–water partition coefficient (Wildman–Crippen LogP) is 2.55. The molecule has 3 rings (SSSR count). The van der Waals surface area contributed by atoms with Gasteiger partial charge >= 0.3 is 0 Å². The number of nitro benzene ring substituents is 2.